The zero-order valence-electron chi connectivity index (χ0n) is 7.04. The predicted molar refractivity (Wildman–Crippen MR) is 47.3 cm³/mol. The van der Waals surface area contributed by atoms with E-state index in [4.69, 9.17) is 5.90 Å². The third kappa shape index (κ3) is 3.99. The number of thioether (sulfide) groups is 1. The van der Waals surface area contributed by atoms with Gasteiger partial charge in [0.1, 0.15) is 0 Å². The summed E-state index contributed by atoms with van der Waals surface area (Å²) in [5.74, 6) is 4.81. The number of halogens is 3. The molecule has 0 aliphatic heterocycles. The normalized spacial score (nSPS) is 11.7. The van der Waals surface area contributed by atoms with Crippen LogP contribution in [0.2, 0.25) is 0 Å². The Balaban J connectivity index is 2.73. The summed E-state index contributed by atoms with van der Waals surface area (Å²) in [6.07, 6.45) is 0. The van der Waals surface area contributed by atoms with Crippen LogP contribution in [0.3, 0.4) is 0 Å². The fourth-order valence-electron chi connectivity index (χ4n) is 0.929. The van der Waals surface area contributed by atoms with Crippen LogP contribution in [0.15, 0.2) is 29.2 Å². The molecule has 0 aliphatic carbocycles. The first-order chi connectivity index (χ1) is 6.51. The minimum absolute atomic E-state index is 0.103. The van der Waals surface area contributed by atoms with Crippen LogP contribution in [0, 0.1) is 0 Å². The summed E-state index contributed by atoms with van der Waals surface area (Å²) in [5.41, 5.74) is -3.65. The highest BCUT2D eigenvalue weighted by atomic mass is 32.2. The Hall–Kier alpha value is -0.720. The van der Waals surface area contributed by atoms with Crippen molar-refractivity contribution in [3.63, 3.8) is 0 Å². The van der Waals surface area contributed by atoms with E-state index >= 15 is 0 Å². The maximum Gasteiger partial charge on any atom is 0.446 e. The molecule has 0 amide bonds. The summed E-state index contributed by atoms with van der Waals surface area (Å²) in [6, 6.07) is 5.96. The summed E-state index contributed by atoms with van der Waals surface area (Å²) < 4.78 is 35.9. The van der Waals surface area contributed by atoms with E-state index in [0.717, 1.165) is 0 Å². The maximum atomic E-state index is 12.0. The van der Waals surface area contributed by atoms with Gasteiger partial charge in [0, 0.05) is 4.90 Å². The van der Waals surface area contributed by atoms with E-state index in [-0.39, 0.29) is 23.3 Å². The molecule has 2 N–H and O–H groups in total. The van der Waals surface area contributed by atoms with E-state index in [9.17, 15) is 13.2 Å². The van der Waals surface area contributed by atoms with Crippen molar-refractivity contribution in [3.8, 4) is 0 Å². The summed E-state index contributed by atoms with van der Waals surface area (Å²) >= 11 is -0.156. The highest BCUT2D eigenvalue weighted by molar-refractivity contribution is 8.00. The Kier molecular flexibility index (Phi) is 3.79. The largest absolute Gasteiger partial charge is 0.446 e. The van der Waals surface area contributed by atoms with Crippen LogP contribution in [0.4, 0.5) is 13.2 Å². The molecule has 0 unspecified atom stereocenters. The second-order valence-electron chi connectivity index (χ2n) is 2.51. The van der Waals surface area contributed by atoms with Crippen molar-refractivity contribution in [2.45, 2.75) is 17.0 Å². The molecule has 0 fully saturated rings. The van der Waals surface area contributed by atoms with E-state index in [0.29, 0.717) is 5.56 Å². The van der Waals surface area contributed by atoms with E-state index in [1.54, 1.807) is 6.07 Å². The van der Waals surface area contributed by atoms with Gasteiger partial charge in [-0.2, -0.15) is 13.2 Å². The summed E-state index contributed by atoms with van der Waals surface area (Å²) in [7, 11) is 0. The van der Waals surface area contributed by atoms with E-state index in [2.05, 4.69) is 4.84 Å². The third-order valence-electron chi connectivity index (χ3n) is 1.38. The van der Waals surface area contributed by atoms with Gasteiger partial charge >= 0.3 is 5.51 Å². The Morgan fingerprint density at radius 3 is 2.64 bits per heavy atom. The lowest BCUT2D eigenvalue weighted by Gasteiger charge is -2.06. The first-order valence-corrected chi connectivity index (χ1v) is 4.49. The monoisotopic (exact) mass is 223 g/mol. The summed E-state index contributed by atoms with van der Waals surface area (Å²) in [5, 5.41) is 0. The van der Waals surface area contributed by atoms with Crippen LogP contribution in [0.1, 0.15) is 5.56 Å². The van der Waals surface area contributed by atoms with Gasteiger partial charge in [0.25, 0.3) is 0 Å². The molecule has 0 atom stereocenters. The lowest BCUT2D eigenvalue weighted by Crippen LogP contribution is -2.01. The van der Waals surface area contributed by atoms with Crippen LogP contribution in [0.25, 0.3) is 0 Å². The van der Waals surface area contributed by atoms with Gasteiger partial charge in [0.15, 0.2) is 0 Å². The first kappa shape index (κ1) is 11.4. The molecule has 1 aromatic rings. The van der Waals surface area contributed by atoms with Crippen molar-refractivity contribution in [2.24, 2.45) is 5.90 Å². The van der Waals surface area contributed by atoms with Crippen molar-refractivity contribution in [1.82, 2.24) is 0 Å². The molecule has 14 heavy (non-hydrogen) atoms. The van der Waals surface area contributed by atoms with Gasteiger partial charge in [-0.05, 0) is 29.5 Å². The van der Waals surface area contributed by atoms with Gasteiger partial charge in [-0.3, -0.25) is 4.84 Å². The fraction of sp³-hybridized carbons (Fsp3) is 0.250. The van der Waals surface area contributed by atoms with Crippen LogP contribution in [-0.4, -0.2) is 5.51 Å². The van der Waals surface area contributed by atoms with Crippen LogP contribution in [0.5, 0.6) is 0 Å². The van der Waals surface area contributed by atoms with Gasteiger partial charge in [0.2, 0.25) is 0 Å². The van der Waals surface area contributed by atoms with Crippen molar-refractivity contribution in [3.05, 3.63) is 29.8 Å². The molecular weight excluding hydrogens is 215 g/mol. The van der Waals surface area contributed by atoms with E-state index in [1.807, 2.05) is 0 Å². The van der Waals surface area contributed by atoms with Crippen molar-refractivity contribution in [1.29, 1.82) is 0 Å². The molecule has 0 saturated carbocycles. The van der Waals surface area contributed by atoms with Crippen LogP contribution >= 0.6 is 11.8 Å². The smallest absolute Gasteiger partial charge is 0.300 e. The van der Waals surface area contributed by atoms with Gasteiger partial charge in [-0.25, -0.2) is 5.90 Å². The first-order valence-electron chi connectivity index (χ1n) is 3.67. The molecule has 0 saturated heterocycles. The Morgan fingerprint density at radius 2 is 2.07 bits per heavy atom. The highest BCUT2D eigenvalue weighted by Crippen LogP contribution is 2.36. The minimum Gasteiger partial charge on any atom is -0.300 e. The molecule has 2 nitrogen and oxygen atoms in total. The molecule has 0 radical (unpaired) electrons. The average molecular weight is 223 g/mol. The Morgan fingerprint density at radius 1 is 1.36 bits per heavy atom. The molecule has 0 aliphatic rings. The maximum absolute atomic E-state index is 12.0. The number of benzene rings is 1. The second-order valence-corrected chi connectivity index (χ2v) is 3.64. The zero-order chi connectivity index (χ0) is 10.6. The average Bonchev–Trinajstić information content (AvgIpc) is 2.02. The summed E-state index contributed by atoms with van der Waals surface area (Å²) in [6.45, 7) is 0.103. The SMILES string of the molecule is NOCc1cccc(SC(F)(F)F)c1. The molecule has 0 spiro atoms. The number of rotatable bonds is 3. The lowest BCUT2D eigenvalue weighted by molar-refractivity contribution is -0.0328. The predicted octanol–water partition coefficient (Wildman–Crippen LogP) is 2.69. The molecular formula is C8H8F3NOS. The standard InChI is InChI=1S/C8H8F3NOS/c9-8(10,11)14-7-3-1-2-6(4-7)5-13-12/h1-4H,5,12H2. The summed E-state index contributed by atoms with van der Waals surface area (Å²) in [4.78, 5) is 4.45. The second kappa shape index (κ2) is 4.68. The van der Waals surface area contributed by atoms with E-state index in [1.165, 1.54) is 18.2 Å². The van der Waals surface area contributed by atoms with Crippen LogP contribution < -0.4 is 5.90 Å². The zero-order valence-corrected chi connectivity index (χ0v) is 7.86. The number of nitrogens with two attached hydrogens (primary N) is 1. The van der Waals surface area contributed by atoms with Gasteiger partial charge in [0.05, 0.1) is 6.61 Å². The molecule has 1 aromatic carbocycles. The minimum atomic E-state index is -4.26. The van der Waals surface area contributed by atoms with Crippen molar-refractivity contribution < 1.29 is 18.0 Å². The van der Waals surface area contributed by atoms with Gasteiger partial charge in [-0.1, -0.05) is 12.1 Å². The van der Waals surface area contributed by atoms with Gasteiger partial charge in [-0.15, -0.1) is 0 Å². The quantitative estimate of drug-likeness (QED) is 0.632. The van der Waals surface area contributed by atoms with Gasteiger partial charge < -0.3 is 0 Å². The molecule has 78 valence electrons. The van der Waals surface area contributed by atoms with Crippen molar-refractivity contribution >= 4 is 11.8 Å². The highest BCUT2D eigenvalue weighted by Gasteiger charge is 2.29. The topological polar surface area (TPSA) is 35.2 Å². The Labute approximate surface area is 83.2 Å². The third-order valence-corrected chi connectivity index (χ3v) is 2.10. The lowest BCUT2D eigenvalue weighted by atomic mass is 10.2. The molecule has 1 rings (SSSR count). The van der Waals surface area contributed by atoms with Crippen LogP contribution in [-0.2, 0) is 11.4 Å². The Bertz CT molecular complexity index is 303. The molecule has 6 heteroatoms. The number of hydrogen-bond acceptors (Lipinski definition) is 3. The van der Waals surface area contributed by atoms with Crippen molar-refractivity contribution in [2.75, 3.05) is 0 Å². The molecule has 0 heterocycles. The number of alkyl halides is 3. The fourth-order valence-corrected chi connectivity index (χ4v) is 1.55. The molecule has 0 bridgehead atoms. The molecule has 0 aromatic heterocycles. The number of hydrogen-bond donors (Lipinski definition) is 1. The van der Waals surface area contributed by atoms with E-state index < -0.39 is 5.51 Å².